The van der Waals surface area contributed by atoms with Gasteiger partial charge in [0.15, 0.2) is 11.0 Å². The van der Waals surface area contributed by atoms with Gasteiger partial charge in [-0.1, -0.05) is 16.7 Å². The third-order valence-electron chi connectivity index (χ3n) is 4.62. The molecule has 0 aliphatic carbocycles. The molecule has 13 heteroatoms. The fourth-order valence-electron chi connectivity index (χ4n) is 3.08. The van der Waals surface area contributed by atoms with Crippen LogP contribution in [0, 0.1) is 12.7 Å². The Bertz CT molecular complexity index is 1160. The lowest BCUT2D eigenvalue weighted by atomic mass is 10.00. The number of amides is 1. The summed E-state index contributed by atoms with van der Waals surface area (Å²) >= 11 is 6.92. The maximum Gasteiger partial charge on any atom is 0.295 e. The molecule has 33 heavy (non-hydrogen) atoms. The number of carbonyl (C=O) groups excluding carboxylic acids is 1. The van der Waals surface area contributed by atoms with Gasteiger partial charge in [-0.25, -0.2) is 9.37 Å². The van der Waals surface area contributed by atoms with Crippen molar-refractivity contribution in [3.8, 4) is 22.1 Å². The molecule has 1 N–H and O–H groups in total. The highest BCUT2D eigenvalue weighted by Crippen LogP contribution is 2.37. The molecule has 0 saturated carbocycles. The monoisotopic (exact) mass is 495 g/mol. The third-order valence-corrected chi connectivity index (χ3v) is 5.64. The zero-order valence-corrected chi connectivity index (χ0v) is 19.2. The standard InChI is InChI=1S/C20H19ClFN5O5S/c1-10-5-12(15-14(29-2)7-24-17(21)16(15)22)13(6-23-10)18(28)25-19-26-27-20(33-19)32-9-11-8-30-3-4-31-11/h5-7,11H,3-4,8-9H2,1-2H3,(H,25,26,28)/t11-/m1/s1. The molecule has 1 atom stereocenters. The number of hydrogen-bond donors (Lipinski definition) is 1. The van der Waals surface area contributed by atoms with Crippen LogP contribution in [0.4, 0.5) is 9.52 Å². The summed E-state index contributed by atoms with van der Waals surface area (Å²) in [7, 11) is 1.37. The van der Waals surface area contributed by atoms with E-state index in [0.717, 1.165) is 11.3 Å². The summed E-state index contributed by atoms with van der Waals surface area (Å²) in [5.74, 6) is -1.26. The number of nitrogens with zero attached hydrogens (tertiary/aromatic N) is 4. The third kappa shape index (κ3) is 5.36. The number of halogens is 2. The van der Waals surface area contributed by atoms with Gasteiger partial charge in [-0.05, 0) is 24.3 Å². The van der Waals surface area contributed by atoms with Crippen LogP contribution in [0.5, 0.6) is 10.9 Å². The number of pyridine rings is 2. The molecule has 0 unspecified atom stereocenters. The van der Waals surface area contributed by atoms with Gasteiger partial charge in [0.1, 0.15) is 18.5 Å². The first kappa shape index (κ1) is 23.2. The summed E-state index contributed by atoms with van der Waals surface area (Å²) in [5, 5.41) is 10.6. The summed E-state index contributed by atoms with van der Waals surface area (Å²) < 4.78 is 36.5. The van der Waals surface area contributed by atoms with Crippen LogP contribution in [-0.4, -0.2) is 65.7 Å². The maximum atomic E-state index is 14.9. The van der Waals surface area contributed by atoms with Crippen molar-refractivity contribution in [3.05, 3.63) is 40.7 Å². The minimum absolute atomic E-state index is 0.00383. The number of aryl methyl sites for hydroxylation is 1. The smallest absolute Gasteiger partial charge is 0.295 e. The molecule has 1 aliphatic rings. The lowest BCUT2D eigenvalue weighted by Crippen LogP contribution is -2.33. The van der Waals surface area contributed by atoms with E-state index in [0.29, 0.717) is 25.5 Å². The Labute approximate surface area is 197 Å². The minimum Gasteiger partial charge on any atom is -0.494 e. The molecule has 3 aromatic heterocycles. The Morgan fingerprint density at radius 2 is 2.18 bits per heavy atom. The minimum atomic E-state index is -0.809. The van der Waals surface area contributed by atoms with E-state index in [4.69, 9.17) is 30.5 Å². The highest BCUT2D eigenvalue weighted by atomic mass is 35.5. The molecule has 0 bridgehead atoms. The van der Waals surface area contributed by atoms with E-state index in [-0.39, 0.29) is 50.6 Å². The number of nitrogens with one attached hydrogen (secondary N) is 1. The number of rotatable bonds is 7. The summed E-state index contributed by atoms with van der Waals surface area (Å²) in [5.41, 5.74) is 0.903. The second-order valence-corrected chi connectivity index (χ2v) is 8.18. The van der Waals surface area contributed by atoms with E-state index in [2.05, 4.69) is 25.5 Å². The van der Waals surface area contributed by atoms with Crippen molar-refractivity contribution in [2.45, 2.75) is 13.0 Å². The van der Waals surface area contributed by atoms with E-state index in [9.17, 15) is 9.18 Å². The molecule has 0 radical (unpaired) electrons. The molecule has 4 rings (SSSR count). The van der Waals surface area contributed by atoms with Gasteiger partial charge in [0.2, 0.25) is 5.13 Å². The number of ether oxygens (including phenoxy) is 4. The van der Waals surface area contributed by atoms with Crippen LogP contribution in [0.1, 0.15) is 16.1 Å². The van der Waals surface area contributed by atoms with Crippen LogP contribution in [0.15, 0.2) is 18.5 Å². The predicted octanol–water partition coefficient (Wildman–Crippen LogP) is 3.15. The molecule has 0 aromatic carbocycles. The van der Waals surface area contributed by atoms with E-state index < -0.39 is 11.7 Å². The van der Waals surface area contributed by atoms with Gasteiger partial charge in [-0.3, -0.25) is 15.1 Å². The van der Waals surface area contributed by atoms with Crippen LogP contribution in [0.3, 0.4) is 0 Å². The largest absolute Gasteiger partial charge is 0.494 e. The van der Waals surface area contributed by atoms with Gasteiger partial charge in [-0.2, -0.15) is 0 Å². The molecule has 174 valence electrons. The molecule has 1 amide bonds. The summed E-state index contributed by atoms with van der Waals surface area (Å²) in [6.45, 7) is 3.46. The molecule has 3 aromatic rings. The zero-order valence-electron chi connectivity index (χ0n) is 17.6. The molecule has 0 spiro atoms. The topological polar surface area (TPSA) is 118 Å². The van der Waals surface area contributed by atoms with Crippen LogP contribution in [0.2, 0.25) is 5.15 Å². The second kappa shape index (κ2) is 10.3. The van der Waals surface area contributed by atoms with Crippen molar-refractivity contribution >= 4 is 34.0 Å². The van der Waals surface area contributed by atoms with E-state index in [1.165, 1.54) is 19.5 Å². The Balaban J connectivity index is 1.54. The van der Waals surface area contributed by atoms with Crippen molar-refractivity contribution < 1.29 is 28.1 Å². The number of methoxy groups -OCH3 is 1. The number of anilines is 1. The van der Waals surface area contributed by atoms with Crippen molar-refractivity contribution in [2.75, 3.05) is 38.9 Å². The van der Waals surface area contributed by atoms with Crippen LogP contribution in [0.25, 0.3) is 11.1 Å². The average molecular weight is 496 g/mol. The predicted molar refractivity (Wildman–Crippen MR) is 118 cm³/mol. The lowest BCUT2D eigenvalue weighted by Gasteiger charge is -2.22. The van der Waals surface area contributed by atoms with Crippen LogP contribution < -0.4 is 14.8 Å². The summed E-state index contributed by atoms with van der Waals surface area (Å²) in [6, 6.07) is 1.56. The van der Waals surface area contributed by atoms with Crippen molar-refractivity contribution in [3.63, 3.8) is 0 Å². The highest BCUT2D eigenvalue weighted by molar-refractivity contribution is 7.17. The van der Waals surface area contributed by atoms with Crippen molar-refractivity contribution in [2.24, 2.45) is 0 Å². The van der Waals surface area contributed by atoms with E-state index >= 15 is 0 Å². The number of hydrogen-bond acceptors (Lipinski definition) is 10. The van der Waals surface area contributed by atoms with Gasteiger partial charge >= 0.3 is 0 Å². The van der Waals surface area contributed by atoms with Crippen molar-refractivity contribution in [1.82, 2.24) is 20.2 Å². The van der Waals surface area contributed by atoms with E-state index in [1.807, 2.05) is 0 Å². The summed E-state index contributed by atoms with van der Waals surface area (Å²) in [4.78, 5) is 21.0. The van der Waals surface area contributed by atoms with Gasteiger partial charge < -0.3 is 18.9 Å². The fraction of sp³-hybridized carbons (Fsp3) is 0.350. The quantitative estimate of drug-likeness (QED) is 0.493. The fourth-order valence-corrected chi connectivity index (χ4v) is 3.82. The van der Waals surface area contributed by atoms with Gasteiger partial charge in [0.25, 0.3) is 11.1 Å². The Morgan fingerprint density at radius 1 is 1.33 bits per heavy atom. The number of aromatic nitrogens is 4. The summed E-state index contributed by atoms with van der Waals surface area (Å²) in [6.07, 6.45) is 2.43. The average Bonchev–Trinajstić information content (AvgIpc) is 3.27. The Morgan fingerprint density at radius 3 is 2.94 bits per heavy atom. The first-order chi connectivity index (χ1) is 16.0. The first-order valence-electron chi connectivity index (χ1n) is 9.78. The van der Waals surface area contributed by atoms with Gasteiger partial charge in [-0.15, -0.1) is 5.10 Å². The molecule has 1 fully saturated rings. The van der Waals surface area contributed by atoms with Crippen LogP contribution in [-0.2, 0) is 9.47 Å². The number of carbonyl (C=O) groups is 1. The highest BCUT2D eigenvalue weighted by Gasteiger charge is 2.24. The van der Waals surface area contributed by atoms with Gasteiger partial charge in [0.05, 0.1) is 44.3 Å². The zero-order chi connectivity index (χ0) is 23.4. The molecule has 1 saturated heterocycles. The van der Waals surface area contributed by atoms with Crippen molar-refractivity contribution in [1.29, 1.82) is 0 Å². The SMILES string of the molecule is COc1cnc(Cl)c(F)c1-c1cc(C)ncc1C(=O)Nc1nnc(OC[C@H]2COCCO2)s1. The molecule has 10 nitrogen and oxygen atoms in total. The first-order valence-corrected chi connectivity index (χ1v) is 11.0. The normalized spacial score (nSPS) is 15.8. The second-order valence-electron chi connectivity index (χ2n) is 6.88. The van der Waals surface area contributed by atoms with Gasteiger partial charge in [0, 0.05) is 17.5 Å². The molecule has 4 heterocycles. The lowest BCUT2D eigenvalue weighted by molar-refractivity contribution is -0.101. The van der Waals surface area contributed by atoms with E-state index in [1.54, 1.807) is 13.0 Å². The molecular formula is C20H19ClFN5O5S. The molecular weight excluding hydrogens is 477 g/mol. The Hall–Kier alpha value is -2.93. The molecule has 1 aliphatic heterocycles. The van der Waals surface area contributed by atoms with Crippen LogP contribution >= 0.6 is 22.9 Å². The maximum absolute atomic E-state index is 14.9. The Kier molecular flexibility index (Phi) is 7.28.